The lowest BCUT2D eigenvalue weighted by Crippen LogP contribution is -2.20. The fraction of sp³-hybridized carbons (Fsp3) is 0. The summed E-state index contributed by atoms with van der Waals surface area (Å²) in [5, 5.41) is 1.73. The summed E-state index contributed by atoms with van der Waals surface area (Å²) in [7, 11) is 0. The van der Waals surface area contributed by atoms with Crippen molar-refractivity contribution in [1.82, 2.24) is 0 Å². The summed E-state index contributed by atoms with van der Waals surface area (Å²) >= 11 is 0. The highest BCUT2D eigenvalue weighted by Crippen LogP contribution is 2.37. The molecule has 0 saturated carbocycles. The van der Waals surface area contributed by atoms with E-state index in [1.165, 1.54) is 6.26 Å². The molecule has 4 rings (SSSR count). The van der Waals surface area contributed by atoms with Crippen LogP contribution in [0.2, 0.25) is 0 Å². The molecule has 1 aliphatic carbocycles. The molecule has 1 aromatic heterocycles. The number of fused-ring (bicyclic) bond motifs is 5. The number of carbonyl (C=O) groups excluding carboxylic acids is 2. The average molecular weight is 248 g/mol. The summed E-state index contributed by atoms with van der Waals surface area (Å²) in [6, 6.07) is 12.9. The van der Waals surface area contributed by atoms with Gasteiger partial charge < -0.3 is 4.42 Å². The van der Waals surface area contributed by atoms with Gasteiger partial charge in [0.05, 0.1) is 11.8 Å². The number of carbonyl (C=O) groups is 2. The largest absolute Gasteiger partial charge is 0.464 e. The number of rotatable bonds is 0. The second-order valence-corrected chi connectivity index (χ2v) is 4.53. The van der Waals surface area contributed by atoms with Crippen LogP contribution in [0.3, 0.4) is 0 Å². The molecule has 3 nitrogen and oxygen atoms in total. The number of ketones is 2. The summed E-state index contributed by atoms with van der Waals surface area (Å²) in [5.41, 5.74) is 1.50. The Kier molecular flexibility index (Phi) is 1.85. The van der Waals surface area contributed by atoms with E-state index in [9.17, 15) is 9.59 Å². The van der Waals surface area contributed by atoms with Crippen LogP contribution in [0, 0.1) is 0 Å². The van der Waals surface area contributed by atoms with E-state index >= 15 is 0 Å². The standard InChI is InChI=1S/C16H8O3/c17-14-12-7-8-19-16(12)11-6-5-9-3-1-2-4-10(9)13(11)15(14)18/h1-8H. The molecule has 0 bridgehead atoms. The maximum atomic E-state index is 12.3. The van der Waals surface area contributed by atoms with Gasteiger partial charge in [-0.2, -0.15) is 0 Å². The topological polar surface area (TPSA) is 47.3 Å². The third-order valence-corrected chi connectivity index (χ3v) is 3.52. The molecular formula is C16H8O3. The Hall–Kier alpha value is -2.68. The van der Waals surface area contributed by atoms with E-state index in [2.05, 4.69) is 0 Å². The number of benzene rings is 2. The number of hydrogen-bond acceptors (Lipinski definition) is 3. The first-order valence-corrected chi connectivity index (χ1v) is 5.96. The summed E-state index contributed by atoms with van der Waals surface area (Å²) in [5.74, 6) is -0.460. The third kappa shape index (κ3) is 1.21. The Balaban J connectivity index is 2.21. The van der Waals surface area contributed by atoms with Crippen molar-refractivity contribution in [1.29, 1.82) is 0 Å². The predicted molar refractivity (Wildman–Crippen MR) is 70.3 cm³/mol. The molecule has 2 aromatic carbocycles. The van der Waals surface area contributed by atoms with E-state index in [4.69, 9.17) is 4.42 Å². The molecule has 0 saturated heterocycles. The molecule has 1 aliphatic rings. The monoisotopic (exact) mass is 248 g/mol. The molecule has 1 heterocycles. The van der Waals surface area contributed by atoms with Crippen LogP contribution in [0.15, 0.2) is 53.1 Å². The maximum Gasteiger partial charge on any atom is 0.237 e. The van der Waals surface area contributed by atoms with Crippen LogP contribution in [0.4, 0.5) is 0 Å². The van der Waals surface area contributed by atoms with Crippen LogP contribution >= 0.6 is 0 Å². The highest BCUT2D eigenvalue weighted by molar-refractivity contribution is 6.54. The first-order valence-electron chi connectivity index (χ1n) is 5.96. The van der Waals surface area contributed by atoms with Crippen LogP contribution in [0.1, 0.15) is 20.7 Å². The van der Waals surface area contributed by atoms with Crippen LogP contribution in [0.25, 0.3) is 22.1 Å². The zero-order valence-electron chi connectivity index (χ0n) is 9.84. The van der Waals surface area contributed by atoms with Crippen molar-refractivity contribution in [2.45, 2.75) is 0 Å². The van der Waals surface area contributed by atoms with E-state index in [0.717, 1.165) is 10.8 Å². The van der Waals surface area contributed by atoms with Gasteiger partial charge in [0.15, 0.2) is 0 Å². The minimum atomic E-state index is -0.493. The Bertz CT molecular complexity index is 855. The zero-order valence-corrected chi connectivity index (χ0v) is 9.84. The second-order valence-electron chi connectivity index (χ2n) is 4.53. The van der Waals surface area contributed by atoms with Crippen molar-refractivity contribution in [3.8, 4) is 11.3 Å². The van der Waals surface area contributed by atoms with Gasteiger partial charge in [0.25, 0.3) is 0 Å². The molecule has 0 atom stereocenters. The van der Waals surface area contributed by atoms with Gasteiger partial charge >= 0.3 is 0 Å². The summed E-state index contributed by atoms with van der Waals surface area (Å²) in [6.07, 6.45) is 1.44. The van der Waals surface area contributed by atoms with Crippen molar-refractivity contribution < 1.29 is 14.0 Å². The molecule has 3 heteroatoms. The second kappa shape index (κ2) is 3.42. The molecule has 0 amide bonds. The predicted octanol–water partition coefficient (Wildman–Crippen LogP) is 3.48. The number of hydrogen-bond donors (Lipinski definition) is 0. The lowest BCUT2D eigenvalue weighted by Gasteiger charge is -2.15. The van der Waals surface area contributed by atoms with Gasteiger partial charge in [-0.25, -0.2) is 0 Å². The molecule has 0 radical (unpaired) electrons. The molecule has 0 unspecified atom stereocenters. The van der Waals surface area contributed by atoms with E-state index in [1.807, 2.05) is 36.4 Å². The summed E-state index contributed by atoms with van der Waals surface area (Å²) in [4.78, 5) is 24.4. The fourth-order valence-corrected chi connectivity index (χ4v) is 2.64. The van der Waals surface area contributed by atoms with E-state index < -0.39 is 11.6 Å². The summed E-state index contributed by atoms with van der Waals surface area (Å²) < 4.78 is 5.38. The molecule has 3 aromatic rings. The molecule has 0 aliphatic heterocycles. The van der Waals surface area contributed by atoms with Crippen molar-refractivity contribution in [3.05, 3.63) is 59.9 Å². The fourth-order valence-electron chi connectivity index (χ4n) is 2.64. The third-order valence-electron chi connectivity index (χ3n) is 3.52. The number of furan rings is 1. The van der Waals surface area contributed by atoms with Crippen LogP contribution in [-0.4, -0.2) is 11.6 Å². The Labute approximate surface area is 108 Å². The first kappa shape index (κ1) is 10.3. The molecule has 0 N–H and O–H groups in total. The van der Waals surface area contributed by atoms with Crippen molar-refractivity contribution in [2.24, 2.45) is 0 Å². The maximum absolute atomic E-state index is 12.3. The minimum absolute atomic E-state index is 0.354. The molecule has 0 fully saturated rings. The Morgan fingerprint density at radius 1 is 0.789 bits per heavy atom. The Morgan fingerprint density at radius 3 is 2.53 bits per heavy atom. The van der Waals surface area contributed by atoms with Gasteiger partial charge in [0, 0.05) is 11.1 Å². The smallest absolute Gasteiger partial charge is 0.237 e. The lowest BCUT2D eigenvalue weighted by molar-refractivity contribution is 0.0815. The minimum Gasteiger partial charge on any atom is -0.464 e. The zero-order chi connectivity index (χ0) is 13.0. The first-order chi connectivity index (χ1) is 9.27. The van der Waals surface area contributed by atoms with Crippen molar-refractivity contribution in [2.75, 3.05) is 0 Å². The highest BCUT2D eigenvalue weighted by atomic mass is 16.3. The molecule has 0 spiro atoms. The van der Waals surface area contributed by atoms with E-state index in [1.54, 1.807) is 6.07 Å². The quantitative estimate of drug-likeness (QED) is 0.572. The SMILES string of the molecule is O=C1C(=O)c2c(ccc3ccccc23)-c2occc21. The average Bonchev–Trinajstić information content (AvgIpc) is 2.93. The lowest BCUT2D eigenvalue weighted by atomic mass is 9.85. The van der Waals surface area contributed by atoms with Gasteiger partial charge in [-0.3, -0.25) is 9.59 Å². The Morgan fingerprint density at radius 2 is 1.63 bits per heavy atom. The van der Waals surface area contributed by atoms with Gasteiger partial charge in [0.2, 0.25) is 11.6 Å². The van der Waals surface area contributed by atoms with E-state index in [-0.39, 0.29) is 0 Å². The van der Waals surface area contributed by atoms with Crippen molar-refractivity contribution >= 4 is 22.3 Å². The van der Waals surface area contributed by atoms with Gasteiger partial charge in [-0.15, -0.1) is 0 Å². The van der Waals surface area contributed by atoms with Crippen LogP contribution < -0.4 is 0 Å². The van der Waals surface area contributed by atoms with Crippen LogP contribution in [0.5, 0.6) is 0 Å². The van der Waals surface area contributed by atoms with Crippen molar-refractivity contribution in [3.63, 3.8) is 0 Å². The van der Waals surface area contributed by atoms with Gasteiger partial charge in [-0.05, 0) is 22.9 Å². The van der Waals surface area contributed by atoms with Crippen LogP contribution in [-0.2, 0) is 0 Å². The van der Waals surface area contributed by atoms with E-state index in [0.29, 0.717) is 22.5 Å². The molecular weight excluding hydrogens is 240 g/mol. The van der Waals surface area contributed by atoms with Gasteiger partial charge in [-0.1, -0.05) is 30.3 Å². The molecule has 90 valence electrons. The van der Waals surface area contributed by atoms with Gasteiger partial charge in [0.1, 0.15) is 5.76 Å². The number of Topliss-reactive ketones (excluding diaryl/α,β-unsaturated/α-hetero) is 2. The normalized spacial score (nSPS) is 13.5. The summed E-state index contributed by atoms with van der Waals surface area (Å²) in [6.45, 7) is 0. The highest BCUT2D eigenvalue weighted by Gasteiger charge is 2.33. The molecule has 19 heavy (non-hydrogen) atoms.